The minimum absolute atomic E-state index is 0.0415. The summed E-state index contributed by atoms with van der Waals surface area (Å²) in [6, 6.07) is 6.04. The third-order valence-electron chi connectivity index (χ3n) is 6.86. The van der Waals surface area contributed by atoms with Crippen LogP contribution in [0.2, 0.25) is 0 Å². The molecule has 1 amide bonds. The molecule has 0 heterocycles. The molecule has 1 aromatic carbocycles. The van der Waals surface area contributed by atoms with Gasteiger partial charge in [0.2, 0.25) is 5.91 Å². The molecule has 0 bridgehead atoms. The zero-order valence-electron chi connectivity index (χ0n) is 17.5. The molecule has 0 saturated heterocycles. The minimum Gasteiger partial charge on any atom is -0.496 e. The van der Waals surface area contributed by atoms with Crippen LogP contribution in [0.5, 0.6) is 5.75 Å². The number of carbonyl (C=O) groups is 1. The van der Waals surface area contributed by atoms with Gasteiger partial charge in [0.25, 0.3) is 0 Å². The zero-order valence-corrected chi connectivity index (χ0v) is 17.5. The van der Waals surface area contributed by atoms with E-state index < -0.39 is 11.0 Å². The van der Waals surface area contributed by atoms with Crippen molar-refractivity contribution >= 4 is 5.91 Å². The molecule has 0 unspecified atom stereocenters. The van der Waals surface area contributed by atoms with E-state index in [-0.39, 0.29) is 11.3 Å². The van der Waals surface area contributed by atoms with E-state index in [2.05, 4.69) is 26.1 Å². The Morgan fingerprint density at radius 1 is 1.22 bits per heavy atom. The molecule has 2 aliphatic carbocycles. The third kappa shape index (κ3) is 4.16. The lowest BCUT2D eigenvalue weighted by molar-refractivity contribution is -0.125. The Bertz CT molecular complexity index is 692. The summed E-state index contributed by atoms with van der Waals surface area (Å²) in [6.45, 7) is 9.18. The number of ether oxygens (including phenoxy) is 1. The number of benzene rings is 1. The molecule has 0 aliphatic heterocycles. The Kier molecular flexibility index (Phi) is 5.33. The molecule has 2 fully saturated rings. The summed E-state index contributed by atoms with van der Waals surface area (Å²) < 4.78 is 5.43. The van der Waals surface area contributed by atoms with Crippen LogP contribution in [0.3, 0.4) is 0 Å². The molecule has 27 heavy (non-hydrogen) atoms. The largest absolute Gasteiger partial charge is 0.496 e. The number of methoxy groups -OCH3 is 1. The molecule has 4 heteroatoms. The lowest BCUT2D eigenvalue weighted by atomic mass is 9.68. The van der Waals surface area contributed by atoms with Crippen molar-refractivity contribution in [1.82, 2.24) is 5.32 Å². The van der Waals surface area contributed by atoms with Gasteiger partial charge in [0.1, 0.15) is 5.75 Å². The Hall–Kier alpha value is -1.55. The van der Waals surface area contributed by atoms with E-state index in [4.69, 9.17) is 4.74 Å². The summed E-state index contributed by atoms with van der Waals surface area (Å²) in [5.74, 6) is 1.51. The standard InChI is InChI=1S/C23H35NO3/c1-16-6-7-18(14-19(16)27-5)23(12-13-23)20(25)24-15-22(26)10-8-17(9-11-22)21(2,3)4/h6-7,14,17,26H,8-13,15H2,1-5H3,(H,24,25). The monoisotopic (exact) mass is 373 g/mol. The maximum atomic E-state index is 13.0. The summed E-state index contributed by atoms with van der Waals surface area (Å²) in [5.41, 5.74) is 1.17. The minimum atomic E-state index is -0.765. The molecule has 1 aromatic rings. The maximum Gasteiger partial charge on any atom is 0.230 e. The number of amides is 1. The first kappa shape index (κ1) is 20.2. The van der Waals surface area contributed by atoms with Gasteiger partial charge in [0, 0.05) is 6.54 Å². The summed E-state index contributed by atoms with van der Waals surface area (Å²) in [5, 5.41) is 14.0. The lowest BCUT2D eigenvalue weighted by Crippen LogP contribution is -2.48. The molecular formula is C23H35NO3. The van der Waals surface area contributed by atoms with E-state index in [1.807, 2.05) is 25.1 Å². The molecule has 0 aromatic heterocycles. The van der Waals surface area contributed by atoms with E-state index in [1.54, 1.807) is 7.11 Å². The number of rotatable bonds is 5. The van der Waals surface area contributed by atoms with E-state index in [9.17, 15) is 9.90 Å². The van der Waals surface area contributed by atoms with Gasteiger partial charge in [-0.25, -0.2) is 0 Å². The van der Waals surface area contributed by atoms with Crippen LogP contribution in [0.15, 0.2) is 18.2 Å². The van der Waals surface area contributed by atoms with Gasteiger partial charge in [-0.3, -0.25) is 4.79 Å². The fourth-order valence-corrected chi connectivity index (χ4v) is 4.50. The second-order valence-corrected chi connectivity index (χ2v) is 9.81. The Labute approximate surface area is 163 Å². The fourth-order valence-electron chi connectivity index (χ4n) is 4.50. The molecule has 4 nitrogen and oxygen atoms in total. The molecule has 2 saturated carbocycles. The normalized spacial score (nSPS) is 27.1. The smallest absolute Gasteiger partial charge is 0.230 e. The van der Waals surface area contributed by atoms with Gasteiger partial charge in [-0.15, -0.1) is 0 Å². The number of aliphatic hydroxyl groups is 1. The second kappa shape index (κ2) is 7.12. The van der Waals surface area contributed by atoms with Crippen molar-refractivity contribution in [1.29, 1.82) is 0 Å². The van der Waals surface area contributed by atoms with E-state index in [0.29, 0.717) is 12.5 Å². The molecule has 2 aliphatic rings. The first-order valence-electron chi connectivity index (χ1n) is 10.3. The van der Waals surface area contributed by atoms with Crippen molar-refractivity contribution in [2.45, 2.75) is 77.2 Å². The number of nitrogens with one attached hydrogen (secondary N) is 1. The Balaban J connectivity index is 1.61. The molecule has 0 atom stereocenters. The molecule has 0 radical (unpaired) electrons. The van der Waals surface area contributed by atoms with Crippen molar-refractivity contribution in [2.24, 2.45) is 11.3 Å². The summed E-state index contributed by atoms with van der Waals surface area (Å²) in [6.07, 6.45) is 5.29. The van der Waals surface area contributed by atoms with Gasteiger partial charge in [-0.2, -0.15) is 0 Å². The van der Waals surface area contributed by atoms with Gasteiger partial charge in [0.05, 0.1) is 18.1 Å². The van der Waals surface area contributed by atoms with Crippen LogP contribution in [-0.4, -0.2) is 30.3 Å². The topological polar surface area (TPSA) is 58.6 Å². The fraction of sp³-hybridized carbons (Fsp3) is 0.696. The van der Waals surface area contributed by atoms with Crippen LogP contribution in [0.4, 0.5) is 0 Å². The van der Waals surface area contributed by atoms with Crippen molar-refractivity contribution in [3.8, 4) is 5.75 Å². The zero-order chi connectivity index (χ0) is 19.9. The lowest BCUT2D eigenvalue weighted by Gasteiger charge is -2.41. The highest BCUT2D eigenvalue weighted by Gasteiger charge is 2.52. The number of hydrogen-bond acceptors (Lipinski definition) is 3. The van der Waals surface area contributed by atoms with Gasteiger partial charge in [-0.1, -0.05) is 32.9 Å². The van der Waals surface area contributed by atoms with Crippen LogP contribution in [0, 0.1) is 18.3 Å². The average molecular weight is 374 g/mol. The highest BCUT2D eigenvalue weighted by molar-refractivity contribution is 5.91. The molecular weight excluding hydrogens is 338 g/mol. The van der Waals surface area contributed by atoms with Gasteiger partial charge in [-0.05, 0) is 74.0 Å². The van der Waals surface area contributed by atoms with E-state index >= 15 is 0 Å². The summed E-state index contributed by atoms with van der Waals surface area (Å²) in [7, 11) is 1.66. The highest BCUT2D eigenvalue weighted by Crippen LogP contribution is 2.49. The van der Waals surface area contributed by atoms with Crippen LogP contribution < -0.4 is 10.1 Å². The molecule has 0 spiro atoms. The van der Waals surface area contributed by atoms with Crippen LogP contribution >= 0.6 is 0 Å². The van der Waals surface area contributed by atoms with Crippen molar-refractivity contribution in [2.75, 3.05) is 13.7 Å². The van der Waals surface area contributed by atoms with E-state index in [0.717, 1.165) is 55.4 Å². The predicted molar refractivity (Wildman–Crippen MR) is 108 cm³/mol. The average Bonchev–Trinajstić information content (AvgIpc) is 3.41. The third-order valence-corrected chi connectivity index (χ3v) is 6.86. The van der Waals surface area contributed by atoms with Crippen molar-refractivity contribution < 1.29 is 14.6 Å². The summed E-state index contributed by atoms with van der Waals surface area (Å²) in [4.78, 5) is 13.0. The van der Waals surface area contributed by atoms with Gasteiger partial charge in [0.15, 0.2) is 0 Å². The van der Waals surface area contributed by atoms with E-state index in [1.165, 1.54) is 0 Å². The van der Waals surface area contributed by atoms with Gasteiger partial charge >= 0.3 is 0 Å². The van der Waals surface area contributed by atoms with Gasteiger partial charge < -0.3 is 15.2 Å². The molecule has 3 rings (SSSR count). The van der Waals surface area contributed by atoms with Crippen LogP contribution in [-0.2, 0) is 10.2 Å². The number of carbonyl (C=O) groups excluding carboxylic acids is 1. The summed E-state index contributed by atoms with van der Waals surface area (Å²) >= 11 is 0. The Morgan fingerprint density at radius 3 is 2.37 bits per heavy atom. The number of hydrogen-bond donors (Lipinski definition) is 2. The SMILES string of the molecule is COc1cc(C2(C(=O)NCC3(O)CCC(C(C)(C)C)CC3)CC2)ccc1C. The van der Waals surface area contributed by atoms with Crippen molar-refractivity contribution in [3.05, 3.63) is 29.3 Å². The first-order chi connectivity index (χ1) is 12.6. The maximum absolute atomic E-state index is 13.0. The van der Waals surface area contributed by atoms with Crippen LogP contribution in [0.1, 0.15) is 70.4 Å². The molecule has 2 N–H and O–H groups in total. The number of aryl methyl sites for hydroxylation is 1. The molecule has 150 valence electrons. The van der Waals surface area contributed by atoms with Crippen LogP contribution in [0.25, 0.3) is 0 Å². The quantitative estimate of drug-likeness (QED) is 0.816. The second-order valence-electron chi connectivity index (χ2n) is 9.81. The van der Waals surface area contributed by atoms with Crippen molar-refractivity contribution in [3.63, 3.8) is 0 Å². The Morgan fingerprint density at radius 2 is 1.85 bits per heavy atom. The first-order valence-corrected chi connectivity index (χ1v) is 10.3. The highest BCUT2D eigenvalue weighted by atomic mass is 16.5. The predicted octanol–water partition coefficient (Wildman–Crippen LogP) is 4.12.